The number of hydrogen-bond acceptors (Lipinski definition) is 3. The van der Waals surface area contributed by atoms with Gasteiger partial charge in [0.2, 0.25) is 0 Å². The molecule has 2 heterocycles. The number of aromatic amines is 2. The lowest BCUT2D eigenvalue weighted by Crippen LogP contribution is -2.06. The van der Waals surface area contributed by atoms with E-state index < -0.39 is 5.97 Å². The van der Waals surface area contributed by atoms with Crippen molar-refractivity contribution in [1.82, 2.24) is 9.97 Å². The van der Waals surface area contributed by atoms with E-state index >= 15 is 0 Å². The molecule has 3 N–H and O–H groups in total. The Labute approximate surface area is 159 Å². The number of hydrogen-bond donors (Lipinski definition) is 3. The molecule has 0 amide bonds. The number of thioether (sulfide) groups is 1. The Morgan fingerprint density at radius 3 is 2.70 bits per heavy atom. The van der Waals surface area contributed by atoms with Crippen molar-refractivity contribution in [3.05, 3.63) is 76.2 Å². The van der Waals surface area contributed by atoms with Gasteiger partial charge in [0, 0.05) is 39.6 Å². The van der Waals surface area contributed by atoms with Gasteiger partial charge >= 0.3 is 5.97 Å². The van der Waals surface area contributed by atoms with Gasteiger partial charge in [-0.3, -0.25) is 9.59 Å². The Kier molecular flexibility index (Phi) is 4.73. The second-order valence-corrected chi connectivity index (χ2v) is 7.44. The third kappa shape index (κ3) is 3.61. The predicted octanol–water partition coefficient (Wildman–Crippen LogP) is 4.32. The summed E-state index contributed by atoms with van der Waals surface area (Å²) in [6.07, 6.45) is 2.16. The first-order valence-corrected chi connectivity index (χ1v) is 9.65. The van der Waals surface area contributed by atoms with Crippen molar-refractivity contribution in [3.63, 3.8) is 0 Å². The molecule has 0 saturated heterocycles. The molecule has 2 aromatic carbocycles. The molecule has 2 aromatic heterocycles. The normalized spacial score (nSPS) is 11.3. The maximum absolute atomic E-state index is 12.3. The molecule has 0 spiro atoms. The zero-order valence-corrected chi connectivity index (χ0v) is 15.3. The van der Waals surface area contributed by atoms with Crippen LogP contribution in [-0.4, -0.2) is 21.0 Å². The smallest absolute Gasteiger partial charge is 0.303 e. The number of benzene rings is 2. The number of nitrogens with one attached hydrogen (secondary N) is 2. The number of aromatic nitrogens is 2. The number of aliphatic carboxylic acids is 1. The first-order chi connectivity index (χ1) is 13.1. The first kappa shape index (κ1) is 17.4. The van der Waals surface area contributed by atoms with E-state index in [9.17, 15) is 9.59 Å². The highest BCUT2D eigenvalue weighted by Gasteiger charge is 2.13. The monoisotopic (exact) mass is 378 g/mol. The van der Waals surface area contributed by atoms with E-state index in [1.54, 1.807) is 18.0 Å². The lowest BCUT2D eigenvalue weighted by atomic mass is 10.0. The van der Waals surface area contributed by atoms with Crippen LogP contribution in [0.4, 0.5) is 0 Å². The Morgan fingerprint density at radius 1 is 1.11 bits per heavy atom. The predicted molar refractivity (Wildman–Crippen MR) is 108 cm³/mol. The van der Waals surface area contributed by atoms with Crippen molar-refractivity contribution < 1.29 is 9.90 Å². The fourth-order valence-electron chi connectivity index (χ4n) is 3.24. The van der Waals surface area contributed by atoms with Gasteiger partial charge in [-0.05, 0) is 35.7 Å². The number of aryl methyl sites for hydroxylation is 1. The van der Waals surface area contributed by atoms with Gasteiger partial charge in [0.1, 0.15) is 5.52 Å². The zero-order valence-electron chi connectivity index (χ0n) is 14.5. The summed E-state index contributed by atoms with van der Waals surface area (Å²) in [6, 6.07) is 16.2. The van der Waals surface area contributed by atoms with E-state index in [2.05, 4.69) is 28.2 Å². The molecule has 0 fully saturated rings. The number of H-pyrrole nitrogens is 2. The molecule has 27 heavy (non-hydrogen) atoms. The van der Waals surface area contributed by atoms with Gasteiger partial charge in [0.05, 0.1) is 0 Å². The van der Waals surface area contributed by atoms with Crippen LogP contribution in [0, 0.1) is 0 Å². The molecule has 6 heteroatoms. The van der Waals surface area contributed by atoms with Gasteiger partial charge in [-0.1, -0.05) is 30.3 Å². The van der Waals surface area contributed by atoms with E-state index in [1.165, 1.54) is 5.56 Å². The number of fused-ring (bicyclic) bond motifs is 3. The summed E-state index contributed by atoms with van der Waals surface area (Å²) in [5.74, 6) is 0.00954. The largest absolute Gasteiger partial charge is 0.481 e. The van der Waals surface area contributed by atoms with E-state index in [-0.39, 0.29) is 12.0 Å². The van der Waals surface area contributed by atoms with Crippen LogP contribution < -0.4 is 5.56 Å². The molecule has 4 rings (SSSR count). The molecule has 136 valence electrons. The summed E-state index contributed by atoms with van der Waals surface area (Å²) in [6.45, 7) is 0. The number of rotatable bonds is 6. The van der Waals surface area contributed by atoms with Crippen molar-refractivity contribution in [2.24, 2.45) is 0 Å². The second kappa shape index (κ2) is 7.32. The molecule has 0 aliphatic carbocycles. The first-order valence-electron chi connectivity index (χ1n) is 8.66. The second-order valence-electron chi connectivity index (χ2n) is 6.39. The van der Waals surface area contributed by atoms with E-state index in [4.69, 9.17) is 5.11 Å². The van der Waals surface area contributed by atoms with E-state index in [0.717, 1.165) is 32.5 Å². The molecule has 4 aromatic rings. The quantitative estimate of drug-likeness (QED) is 0.436. The minimum absolute atomic E-state index is 0.0314. The van der Waals surface area contributed by atoms with Crippen LogP contribution in [-0.2, 0) is 17.0 Å². The Morgan fingerprint density at radius 2 is 1.93 bits per heavy atom. The van der Waals surface area contributed by atoms with Crippen LogP contribution in [0.15, 0.2) is 64.4 Å². The third-order valence-electron chi connectivity index (χ3n) is 4.55. The third-order valence-corrected chi connectivity index (χ3v) is 5.62. The van der Waals surface area contributed by atoms with E-state index in [0.29, 0.717) is 11.9 Å². The van der Waals surface area contributed by atoms with Crippen molar-refractivity contribution in [2.45, 2.75) is 23.5 Å². The molecule has 0 aliphatic heterocycles. The van der Waals surface area contributed by atoms with Gasteiger partial charge in [-0.15, -0.1) is 11.8 Å². The standard InChI is InChI=1S/C21H18N2O3S/c24-18(25)9-6-14-11-22-20-19(14)16-10-15(7-8-17(16)23-21(20)26)27-12-13-4-2-1-3-5-13/h1-5,7-8,10-11,22H,6,9,12H2,(H,23,26)(H,24,25). The fraction of sp³-hybridized carbons (Fsp3) is 0.143. The molecular formula is C21H18N2O3S. The Bertz CT molecular complexity index is 1180. The van der Waals surface area contributed by atoms with Crippen molar-refractivity contribution in [2.75, 3.05) is 0 Å². The summed E-state index contributed by atoms with van der Waals surface area (Å²) in [7, 11) is 0. The average molecular weight is 378 g/mol. The van der Waals surface area contributed by atoms with Crippen LogP contribution in [0.1, 0.15) is 17.5 Å². The molecule has 0 aliphatic rings. The number of carboxylic acids is 1. The van der Waals surface area contributed by atoms with Crippen molar-refractivity contribution in [1.29, 1.82) is 0 Å². The molecule has 0 saturated carbocycles. The zero-order chi connectivity index (χ0) is 18.8. The summed E-state index contributed by atoms with van der Waals surface area (Å²) in [5.41, 5.74) is 3.16. The van der Waals surface area contributed by atoms with Crippen LogP contribution >= 0.6 is 11.8 Å². The van der Waals surface area contributed by atoms with Gasteiger partial charge in [0.15, 0.2) is 0 Å². The molecule has 0 unspecified atom stereocenters. The fourth-order valence-corrected chi connectivity index (χ4v) is 4.14. The average Bonchev–Trinajstić information content (AvgIpc) is 3.11. The maximum atomic E-state index is 12.3. The summed E-state index contributed by atoms with van der Waals surface area (Å²) < 4.78 is 0. The Balaban J connectivity index is 1.75. The van der Waals surface area contributed by atoms with Crippen molar-refractivity contribution in [3.8, 4) is 0 Å². The van der Waals surface area contributed by atoms with Gasteiger partial charge in [0.25, 0.3) is 5.56 Å². The van der Waals surface area contributed by atoms with Gasteiger partial charge in [-0.2, -0.15) is 0 Å². The topological polar surface area (TPSA) is 85.9 Å². The van der Waals surface area contributed by atoms with Gasteiger partial charge < -0.3 is 15.1 Å². The highest BCUT2D eigenvalue weighted by Crippen LogP contribution is 2.30. The molecule has 0 bridgehead atoms. The lowest BCUT2D eigenvalue weighted by Gasteiger charge is -2.07. The summed E-state index contributed by atoms with van der Waals surface area (Å²) >= 11 is 1.73. The van der Waals surface area contributed by atoms with Crippen LogP contribution in [0.25, 0.3) is 21.8 Å². The number of carboxylic acid groups (broad SMARTS) is 1. The van der Waals surface area contributed by atoms with Crippen LogP contribution in [0.3, 0.4) is 0 Å². The number of carbonyl (C=O) groups is 1. The van der Waals surface area contributed by atoms with Crippen LogP contribution in [0.2, 0.25) is 0 Å². The molecular weight excluding hydrogens is 360 g/mol. The lowest BCUT2D eigenvalue weighted by molar-refractivity contribution is -0.136. The number of pyridine rings is 1. The van der Waals surface area contributed by atoms with Gasteiger partial charge in [-0.25, -0.2) is 0 Å². The van der Waals surface area contributed by atoms with E-state index in [1.807, 2.05) is 30.3 Å². The maximum Gasteiger partial charge on any atom is 0.303 e. The molecule has 5 nitrogen and oxygen atoms in total. The molecule has 0 atom stereocenters. The highest BCUT2D eigenvalue weighted by atomic mass is 32.2. The summed E-state index contributed by atoms with van der Waals surface area (Å²) in [4.78, 5) is 30.3. The highest BCUT2D eigenvalue weighted by molar-refractivity contribution is 7.98. The van der Waals surface area contributed by atoms with Crippen LogP contribution in [0.5, 0.6) is 0 Å². The molecule has 0 radical (unpaired) electrons. The minimum atomic E-state index is -0.849. The Hall–Kier alpha value is -2.99. The summed E-state index contributed by atoms with van der Waals surface area (Å²) in [5, 5.41) is 10.7. The van der Waals surface area contributed by atoms with Crippen molar-refractivity contribution >= 4 is 39.5 Å². The SMILES string of the molecule is O=C(O)CCc1c[nH]c2c(=O)[nH]c3ccc(SCc4ccccc4)cc3c12. The minimum Gasteiger partial charge on any atom is -0.481 e.